The van der Waals surface area contributed by atoms with Crippen LogP contribution in [0.5, 0.6) is 0 Å². The van der Waals surface area contributed by atoms with Crippen molar-refractivity contribution in [2.24, 2.45) is 7.05 Å². The topological polar surface area (TPSA) is 103 Å². The van der Waals surface area contributed by atoms with Gasteiger partial charge in [-0.2, -0.15) is 0 Å². The fourth-order valence-corrected chi connectivity index (χ4v) is 1.79. The molecule has 1 heterocycles. The van der Waals surface area contributed by atoms with E-state index in [1.165, 1.54) is 10.6 Å². The normalized spacial score (nSPS) is 10.2. The number of esters is 1. The lowest BCUT2D eigenvalue weighted by molar-refractivity contribution is -0.384. The quantitative estimate of drug-likeness (QED) is 0.514. The van der Waals surface area contributed by atoms with Crippen LogP contribution in [0.2, 0.25) is 0 Å². The van der Waals surface area contributed by atoms with Gasteiger partial charge in [-0.05, 0) is 18.2 Å². The second-order valence-electron chi connectivity index (χ2n) is 4.55. The summed E-state index contributed by atoms with van der Waals surface area (Å²) in [5.74, 6) is -2.36. The third-order valence-electron chi connectivity index (χ3n) is 2.92. The Morgan fingerprint density at radius 2 is 2.13 bits per heavy atom. The molecule has 120 valence electrons. The molecule has 1 aromatic carbocycles. The lowest BCUT2D eigenvalue weighted by Crippen LogP contribution is -2.22. The van der Waals surface area contributed by atoms with Gasteiger partial charge in [0.1, 0.15) is 11.5 Å². The van der Waals surface area contributed by atoms with Gasteiger partial charge in [0.15, 0.2) is 6.61 Å². The summed E-state index contributed by atoms with van der Waals surface area (Å²) >= 11 is 0. The van der Waals surface area contributed by atoms with Gasteiger partial charge in [0.25, 0.3) is 11.6 Å². The molecule has 2 rings (SSSR count). The van der Waals surface area contributed by atoms with E-state index in [2.05, 4.69) is 5.32 Å². The van der Waals surface area contributed by atoms with Crippen LogP contribution >= 0.6 is 0 Å². The summed E-state index contributed by atoms with van der Waals surface area (Å²) in [6.07, 6.45) is 1.63. The third kappa shape index (κ3) is 3.90. The molecule has 23 heavy (non-hydrogen) atoms. The number of amides is 1. The summed E-state index contributed by atoms with van der Waals surface area (Å²) in [6.45, 7) is -0.647. The van der Waals surface area contributed by atoms with Crippen LogP contribution in [-0.4, -0.2) is 28.0 Å². The fourth-order valence-electron chi connectivity index (χ4n) is 1.79. The van der Waals surface area contributed by atoms with E-state index >= 15 is 0 Å². The van der Waals surface area contributed by atoms with Gasteiger partial charge in [-0.15, -0.1) is 0 Å². The molecule has 0 saturated carbocycles. The molecular formula is C14H12FN3O5. The molecule has 0 bridgehead atoms. The zero-order valence-electron chi connectivity index (χ0n) is 12.0. The van der Waals surface area contributed by atoms with Crippen molar-refractivity contribution in [1.82, 2.24) is 4.57 Å². The van der Waals surface area contributed by atoms with Gasteiger partial charge >= 0.3 is 5.97 Å². The first kappa shape index (κ1) is 16.1. The Bertz CT molecular complexity index is 772. The molecular weight excluding hydrogens is 309 g/mol. The number of rotatable bonds is 5. The van der Waals surface area contributed by atoms with Crippen molar-refractivity contribution in [1.29, 1.82) is 0 Å². The Morgan fingerprint density at radius 3 is 2.74 bits per heavy atom. The Kier molecular flexibility index (Phi) is 4.69. The predicted octanol–water partition coefficient (Wildman–Crippen LogP) is 1.87. The molecule has 0 fully saturated rings. The molecule has 1 amide bonds. The molecule has 0 unspecified atom stereocenters. The molecule has 0 aliphatic carbocycles. The van der Waals surface area contributed by atoms with E-state index < -0.39 is 29.2 Å². The van der Waals surface area contributed by atoms with Crippen molar-refractivity contribution in [2.75, 3.05) is 11.9 Å². The van der Waals surface area contributed by atoms with E-state index in [0.717, 1.165) is 18.2 Å². The third-order valence-corrected chi connectivity index (χ3v) is 2.92. The number of ether oxygens (including phenoxy) is 1. The highest BCUT2D eigenvalue weighted by atomic mass is 19.1. The van der Waals surface area contributed by atoms with Crippen LogP contribution in [0.25, 0.3) is 0 Å². The zero-order valence-corrected chi connectivity index (χ0v) is 12.0. The molecule has 0 atom stereocenters. The van der Waals surface area contributed by atoms with Crippen LogP contribution in [0.4, 0.5) is 15.8 Å². The summed E-state index contributed by atoms with van der Waals surface area (Å²) in [5.41, 5.74) is -0.485. The van der Waals surface area contributed by atoms with Gasteiger partial charge in [-0.3, -0.25) is 14.9 Å². The number of carbonyl (C=O) groups excluding carboxylic acids is 2. The molecule has 0 aliphatic heterocycles. The van der Waals surface area contributed by atoms with Crippen molar-refractivity contribution in [3.8, 4) is 0 Å². The van der Waals surface area contributed by atoms with Crippen LogP contribution < -0.4 is 5.32 Å². The molecule has 1 N–H and O–H groups in total. The minimum Gasteiger partial charge on any atom is -0.451 e. The largest absolute Gasteiger partial charge is 0.451 e. The first-order chi connectivity index (χ1) is 10.9. The van der Waals surface area contributed by atoms with Gasteiger partial charge in [-0.25, -0.2) is 9.18 Å². The number of hydrogen-bond acceptors (Lipinski definition) is 5. The maximum Gasteiger partial charge on any atom is 0.355 e. The first-order valence-corrected chi connectivity index (χ1v) is 6.40. The Morgan fingerprint density at radius 1 is 1.39 bits per heavy atom. The molecule has 0 radical (unpaired) electrons. The van der Waals surface area contributed by atoms with E-state index in [0.29, 0.717) is 0 Å². The SMILES string of the molecule is Cn1cccc1C(=O)OCC(=O)Nc1cc([N+](=O)[O-])ccc1F. The van der Waals surface area contributed by atoms with Crippen LogP contribution in [0.1, 0.15) is 10.5 Å². The number of nitrogens with one attached hydrogen (secondary N) is 1. The van der Waals surface area contributed by atoms with Crippen LogP contribution in [0.15, 0.2) is 36.5 Å². The average molecular weight is 321 g/mol. The summed E-state index contributed by atoms with van der Waals surface area (Å²) in [5, 5.41) is 12.7. The van der Waals surface area contributed by atoms with Crippen molar-refractivity contribution >= 4 is 23.3 Å². The number of aryl methyl sites for hydroxylation is 1. The van der Waals surface area contributed by atoms with E-state index in [1.807, 2.05) is 0 Å². The fraction of sp³-hybridized carbons (Fsp3) is 0.143. The number of halogens is 1. The monoisotopic (exact) mass is 321 g/mol. The number of nitrogens with zero attached hydrogens (tertiary/aromatic N) is 2. The molecule has 0 saturated heterocycles. The first-order valence-electron chi connectivity index (χ1n) is 6.40. The lowest BCUT2D eigenvalue weighted by Gasteiger charge is -2.08. The van der Waals surface area contributed by atoms with Gasteiger partial charge in [0, 0.05) is 25.4 Å². The van der Waals surface area contributed by atoms with Gasteiger partial charge in [-0.1, -0.05) is 0 Å². The van der Waals surface area contributed by atoms with Gasteiger partial charge in [0.05, 0.1) is 10.6 Å². The number of aromatic nitrogens is 1. The molecule has 1 aromatic heterocycles. The predicted molar refractivity (Wildman–Crippen MR) is 77.4 cm³/mol. The second-order valence-corrected chi connectivity index (χ2v) is 4.55. The molecule has 2 aromatic rings. The number of benzene rings is 1. The second kappa shape index (κ2) is 6.69. The van der Waals surface area contributed by atoms with Gasteiger partial charge in [0.2, 0.25) is 0 Å². The molecule has 8 nitrogen and oxygen atoms in total. The number of nitro benzene ring substituents is 1. The van der Waals surface area contributed by atoms with E-state index in [9.17, 15) is 24.1 Å². The van der Waals surface area contributed by atoms with Crippen molar-refractivity contribution < 1.29 is 23.6 Å². The van der Waals surface area contributed by atoms with Crippen molar-refractivity contribution in [3.05, 3.63) is 58.2 Å². The highest BCUT2D eigenvalue weighted by Gasteiger charge is 2.16. The van der Waals surface area contributed by atoms with Gasteiger partial charge < -0.3 is 14.6 Å². The van der Waals surface area contributed by atoms with Crippen LogP contribution in [0.3, 0.4) is 0 Å². The van der Waals surface area contributed by atoms with E-state index in [-0.39, 0.29) is 17.1 Å². The lowest BCUT2D eigenvalue weighted by atomic mass is 10.2. The molecule has 0 aliphatic rings. The number of hydrogen-bond donors (Lipinski definition) is 1. The molecule has 0 spiro atoms. The van der Waals surface area contributed by atoms with Crippen LogP contribution in [0, 0.1) is 15.9 Å². The number of carbonyl (C=O) groups is 2. The number of anilines is 1. The maximum absolute atomic E-state index is 13.5. The highest BCUT2D eigenvalue weighted by Crippen LogP contribution is 2.21. The number of nitro groups is 1. The minimum atomic E-state index is -0.835. The molecule has 9 heteroatoms. The van der Waals surface area contributed by atoms with E-state index in [4.69, 9.17) is 4.74 Å². The van der Waals surface area contributed by atoms with Crippen molar-refractivity contribution in [3.63, 3.8) is 0 Å². The maximum atomic E-state index is 13.5. The summed E-state index contributed by atoms with van der Waals surface area (Å²) in [7, 11) is 1.63. The zero-order chi connectivity index (χ0) is 17.0. The Labute approximate surface area is 129 Å². The van der Waals surface area contributed by atoms with E-state index in [1.54, 1.807) is 19.3 Å². The average Bonchev–Trinajstić information content (AvgIpc) is 2.93. The minimum absolute atomic E-state index is 0.249. The summed E-state index contributed by atoms with van der Waals surface area (Å²) in [4.78, 5) is 33.3. The van der Waals surface area contributed by atoms with Crippen molar-refractivity contribution in [2.45, 2.75) is 0 Å². The number of non-ortho nitro benzene ring substituents is 1. The Balaban J connectivity index is 1.97. The summed E-state index contributed by atoms with van der Waals surface area (Å²) in [6, 6.07) is 5.87. The Hall–Kier alpha value is -3.23. The smallest absolute Gasteiger partial charge is 0.355 e. The van der Waals surface area contributed by atoms with Crippen LogP contribution in [-0.2, 0) is 16.6 Å². The standard InChI is InChI=1S/C14H12FN3O5/c1-17-6-2-3-12(17)14(20)23-8-13(19)16-11-7-9(18(21)22)4-5-10(11)15/h2-7H,8H2,1H3,(H,16,19). The summed E-state index contributed by atoms with van der Waals surface area (Å²) < 4.78 is 19.8. The highest BCUT2D eigenvalue weighted by molar-refractivity contribution is 5.95.